The van der Waals surface area contributed by atoms with Crippen LogP contribution in [0.25, 0.3) is 0 Å². The summed E-state index contributed by atoms with van der Waals surface area (Å²) in [6.07, 6.45) is 9.21. The molecule has 1 saturated carbocycles. The maximum atomic E-state index is 12.8. The van der Waals surface area contributed by atoms with Crippen molar-refractivity contribution >= 4 is 24.0 Å². The number of hydrogen-bond donors (Lipinski definition) is 0. The fourth-order valence-electron chi connectivity index (χ4n) is 3.94. The zero-order chi connectivity index (χ0) is 17.2. The van der Waals surface area contributed by atoms with Gasteiger partial charge in [-0.1, -0.05) is 25.1 Å². The summed E-state index contributed by atoms with van der Waals surface area (Å²) in [7, 11) is 0. The van der Waals surface area contributed by atoms with Crippen LogP contribution in [0.3, 0.4) is 0 Å². The third kappa shape index (κ3) is 3.75. The number of piperidine rings is 1. The lowest BCUT2D eigenvalue weighted by atomic mass is 10.0. The summed E-state index contributed by atoms with van der Waals surface area (Å²) >= 11 is 0. The molecule has 1 amide bonds. The molecule has 26 heavy (non-hydrogen) atoms. The van der Waals surface area contributed by atoms with E-state index in [0.717, 1.165) is 45.2 Å². The highest BCUT2D eigenvalue weighted by Gasteiger charge is 2.38. The van der Waals surface area contributed by atoms with Gasteiger partial charge in [-0.05, 0) is 55.9 Å². The van der Waals surface area contributed by atoms with Crippen molar-refractivity contribution < 1.29 is 4.79 Å². The molecule has 1 aromatic carbocycles. The largest absolute Gasteiger partial charge is 0.371 e. The van der Waals surface area contributed by atoms with E-state index in [0.29, 0.717) is 11.9 Å². The predicted octanol–water partition coefficient (Wildman–Crippen LogP) is 4.02. The van der Waals surface area contributed by atoms with E-state index in [1.165, 1.54) is 11.3 Å². The second-order valence-electron chi connectivity index (χ2n) is 7.22. The van der Waals surface area contributed by atoms with Gasteiger partial charge in [0.15, 0.2) is 0 Å². The number of benzene rings is 1. The number of amides is 1. The van der Waals surface area contributed by atoms with E-state index < -0.39 is 0 Å². The Morgan fingerprint density at radius 1 is 1.04 bits per heavy atom. The molecular weight excluding hydrogens is 346 g/mol. The van der Waals surface area contributed by atoms with Crippen LogP contribution in [0.2, 0.25) is 0 Å². The van der Waals surface area contributed by atoms with Crippen LogP contribution in [0.15, 0.2) is 48.8 Å². The molecule has 140 valence electrons. The van der Waals surface area contributed by atoms with Gasteiger partial charge in [-0.15, -0.1) is 12.4 Å². The summed E-state index contributed by atoms with van der Waals surface area (Å²) in [5.41, 5.74) is 2.78. The van der Waals surface area contributed by atoms with Crippen molar-refractivity contribution in [2.24, 2.45) is 5.92 Å². The van der Waals surface area contributed by atoms with Crippen LogP contribution in [0.5, 0.6) is 0 Å². The van der Waals surface area contributed by atoms with Crippen molar-refractivity contribution in [3.8, 4) is 0 Å². The van der Waals surface area contributed by atoms with Crippen LogP contribution >= 0.6 is 12.4 Å². The molecular formula is C21H28ClN3O. The Kier molecular flexibility index (Phi) is 5.92. The highest BCUT2D eigenvalue weighted by molar-refractivity contribution is 5.90. The Hall–Kier alpha value is -1.94. The van der Waals surface area contributed by atoms with Gasteiger partial charge in [-0.2, -0.15) is 0 Å². The van der Waals surface area contributed by atoms with Crippen molar-refractivity contribution in [1.29, 1.82) is 0 Å². The monoisotopic (exact) mass is 373 g/mol. The Morgan fingerprint density at radius 3 is 2.31 bits per heavy atom. The number of aromatic nitrogens is 1. The van der Waals surface area contributed by atoms with E-state index in [1.807, 2.05) is 34.2 Å². The number of carbonyl (C=O) groups excluding carboxylic acids is 1. The molecule has 4 nitrogen and oxygen atoms in total. The van der Waals surface area contributed by atoms with E-state index in [-0.39, 0.29) is 18.3 Å². The number of aryl methyl sites for hydroxylation is 1. The molecule has 0 bridgehead atoms. The Labute approximate surface area is 162 Å². The Balaban J connectivity index is 0.00000196. The van der Waals surface area contributed by atoms with Crippen molar-refractivity contribution in [2.75, 3.05) is 23.0 Å². The topological polar surface area (TPSA) is 28.5 Å². The molecule has 1 saturated heterocycles. The second kappa shape index (κ2) is 8.17. The lowest BCUT2D eigenvalue weighted by Gasteiger charge is -2.40. The van der Waals surface area contributed by atoms with Gasteiger partial charge in [0.25, 0.3) is 0 Å². The van der Waals surface area contributed by atoms with E-state index in [9.17, 15) is 4.79 Å². The second-order valence-corrected chi connectivity index (χ2v) is 7.22. The summed E-state index contributed by atoms with van der Waals surface area (Å²) in [5.74, 6) is 0.560. The van der Waals surface area contributed by atoms with Crippen molar-refractivity contribution in [3.63, 3.8) is 0 Å². The highest BCUT2D eigenvalue weighted by Crippen LogP contribution is 2.33. The molecule has 2 fully saturated rings. The Bertz CT molecular complexity index is 719. The molecule has 0 N–H and O–H groups in total. The first-order valence-corrected chi connectivity index (χ1v) is 9.57. The standard InChI is InChI=1S/C21H27N3O.ClH/c1-2-17-7-3-4-8-20(17)22-15-11-19(12-16-22)24(21(25)18-9-10-18)23-13-5-6-14-23;/h3-8,13-14,18-19H,2,9-12,15-16H2,1H3;1H. The SMILES string of the molecule is CCc1ccccc1N1CCC(N(C(=O)C2CC2)n2cccc2)CC1.Cl. The van der Waals surface area contributed by atoms with Gasteiger partial charge in [0.2, 0.25) is 5.91 Å². The van der Waals surface area contributed by atoms with Gasteiger partial charge in [0.05, 0.1) is 6.04 Å². The van der Waals surface area contributed by atoms with Gasteiger partial charge in [0.1, 0.15) is 0 Å². The quantitative estimate of drug-likeness (QED) is 0.792. The normalized spacial score (nSPS) is 17.7. The van der Waals surface area contributed by atoms with Crippen LogP contribution in [-0.4, -0.2) is 29.7 Å². The van der Waals surface area contributed by atoms with Gasteiger partial charge in [-0.3, -0.25) is 9.47 Å². The summed E-state index contributed by atoms with van der Waals surface area (Å²) in [4.78, 5) is 15.3. The molecule has 1 aliphatic heterocycles. The van der Waals surface area contributed by atoms with Crippen LogP contribution < -0.4 is 9.91 Å². The zero-order valence-corrected chi connectivity index (χ0v) is 16.2. The van der Waals surface area contributed by atoms with Gasteiger partial charge in [0, 0.05) is 37.1 Å². The van der Waals surface area contributed by atoms with Crippen LogP contribution in [-0.2, 0) is 11.2 Å². The van der Waals surface area contributed by atoms with Gasteiger partial charge >= 0.3 is 0 Å². The van der Waals surface area contributed by atoms with Crippen LogP contribution in [0.4, 0.5) is 5.69 Å². The number of nitrogens with zero attached hydrogens (tertiary/aromatic N) is 3. The molecule has 0 unspecified atom stereocenters. The molecule has 0 radical (unpaired) electrons. The number of carbonyl (C=O) groups is 1. The van der Waals surface area contributed by atoms with Crippen LogP contribution in [0.1, 0.15) is 38.2 Å². The van der Waals surface area contributed by atoms with Crippen molar-refractivity contribution in [3.05, 3.63) is 54.4 Å². The van der Waals surface area contributed by atoms with Crippen molar-refractivity contribution in [1.82, 2.24) is 4.68 Å². The minimum absolute atomic E-state index is 0. The first kappa shape index (κ1) is 18.8. The minimum Gasteiger partial charge on any atom is -0.371 e. The van der Waals surface area contributed by atoms with Gasteiger partial charge < -0.3 is 4.90 Å². The van der Waals surface area contributed by atoms with E-state index >= 15 is 0 Å². The minimum atomic E-state index is 0. The first-order chi connectivity index (χ1) is 12.3. The summed E-state index contributed by atoms with van der Waals surface area (Å²) in [5, 5.41) is 2.03. The maximum absolute atomic E-state index is 12.8. The van der Waals surface area contributed by atoms with E-state index in [1.54, 1.807) is 0 Å². The number of halogens is 1. The average molecular weight is 374 g/mol. The summed E-state index contributed by atoms with van der Waals surface area (Å²) in [6.45, 7) is 4.24. The summed E-state index contributed by atoms with van der Waals surface area (Å²) in [6, 6.07) is 13.0. The molecule has 2 aromatic rings. The molecule has 1 aromatic heterocycles. The fourth-order valence-corrected chi connectivity index (χ4v) is 3.94. The molecule has 4 rings (SSSR count). The molecule has 2 heterocycles. The zero-order valence-electron chi connectivity index (χ0n) is 15.4. The average Bonchev–Trinajstić information content (AvgIpc) is 3.39. The number of hydrogen-bond acceptors (Lipinski definition) is 2. The molecule has 0 atom stereocenters. The van der Waals surface area contributed by atoms with Crippen molar-refractivity contribution in [2.45, 2.75) is 45.1 Å². The summed E-state index contributed by atoms with van der Waals surface area (Å²) < 4.78 is 2.00. The lowest BCUT2D eigenvalue weighted by molar-refractivity contribution is -0.122. The molecule has 2 aliphatic rings. The maximum Gasteiger partial charge on any atom is 0.244 e. The number of anilines is 1. The number of rotatable bonds is 5. The molecule has 5 heteroatoms. The van der Waals surface area contributed by atoms with E-state index in [4.69, 9.17) is 0 Å². The third-order valence-electron chi connectivity index (χ3n) is 5.51. The predicted molar refractivity (Wildman–Crippen MR) is 109 cm³/mol. The Morgan fingerprint density at radius 2 is 1.69 bits per heavy atom. The third-order valence-corrected chi connectivity index (χ3v) is 5.51. The molecule has 1 aliphatic carbocycles. The van der Waals surface area contributed by atoms with Gasteiger partial charge in [-0.25, -0.2) is 5.01 Å². The van der Waals surface area contributed by atoms with E-state index in [2.05, 4.69) is 36.1 Å². The number of para-hydroxylation sites is 1. The molecule has 0 spiro atoms. The lowest BCUT2D eigenvalue weighted by Crippen LogP contribution is -2.53. The highest BCUT2D eigenvalue weighted by atomic mass is 35.5. The van der Waals surface area contributed by atoms with Crippen LogP contribution in [0, 0.1) is 5.92 Å². The smallest absolute Gasteiger partial charge is 0.244 e. The first-order valence-electron chi connectivity index (χ1n) is 9.57. The fraction of sp³-hybridized carbons (Fsp3) is 0.476.